The minimum atomic E-state index is -3.70. The monoisotopic (exact) mass is 317 g/mol. The minimum Gasteiger partial charge on any atom is -0.465 e. The summed E-state index contributed by atoms with van der Waals surface area (Å²) < 4.78 is 52.9. The Morgan fingerprint density at radius 3 is 2.26 bits per heavy atom. The van der Waals surface area contributed by atoms with Crippen LogP contribution in [0.2, 0.25) is 0 Å². The maximum Gasteiger partial charge on any atom is 0.407 e. The first-order valence-corrected chi connectivity index (χ1v) is 8.83. The number of amides is 1. The Morgan fingerprint density at radius 2 is 1.84 bits per heavy atom. The van der Waals surface area contributed by atoms with Crippen LogP contribution in [0, 0.1) is 0 Å². The number of carbonyl (C=O) groups is 1. The van der Waals surface area contributed by atoms with Gasteiger partial charge in [0.1, 0.15) is 0 Å². The first-order chi connectivity index (χ1) is 8.48. The number of carboxylic acid groups (broad SMARTS) is 1. The van der Waals surface area contributed by atoms with Crippen molar-refractivity contribution < 1.29 is 35.1 Å². The zero-order valence-corrected chi connectivity index (χ0v) is 12.0. The zero-order valence-electron chi connectivity index (χ0n) is 10.3. The van der Waals surface area contributed by atoms with E-state index in [4.69, 9.17) is 9.29 Å². The minimum absolute atomic E-state index is 0.0505. The van der Waals surface area contributed by atoms with E-state index in [9.17, 15) is 21.6 Å². The second-order valence-electron chi connectivity index (χ2n) is 4.24. The Bertz CT molecular complexity index is 539. The molecule has 19 heavy (non-hydrogen) atoms. The van der Waals surface area contributed by atoms with Gasteiger partial charge >= 0.3 is 6.09 Å². The highest BCUT2D eigenvalue weighted by Gasteiger charge is 2.38. The molecule has 1 saturated heterocycles. The van der Waals surface area contributed by atoms with Crippen LogP contribution in [0.15, 0.2) is 0 Å². The van der Waals surface area contributed by atoms with Crippen LogP contribution in [0.1, 0.15) is 6.42 Å². The Morgan fingerprint density at radius 1 is 1.26 bits per heavy atom. The molecule has 1 heterocycles. The highest BCUT2D eigenvalue weighted by Crippen LogP contribution is 2.22. The molecular weight excluding hydrogens is 302 g/mol. The lowest BCUT2D eigenvalue weighted by molar-refractivity contribution is 0.122. The van der Waals surface area contributed by atoms with Crippen molar-refractivity contribution >= 4 is 26.3 Å². The van der Waals surface area contributed by atoms with E-state index in [-0.39, 0.29) is 19.6 Å². The standard InChI is InChI=1S/C8H15NO8S2/c1-18(12,13)16-5-6-3-7(17-19(2,14)15)4-9(6)8(10)11/h6-7H,3-5H2,1-2H3,(H,10,11)/t6-,7+/m0/s1. The Labute approximate surface area is 111 Å². The van der Waals surface area contributed by atoms with E-state index >= 15 is 0 Å². The Kier molecular flexibility index (Phi) is 4.76. The molecule has 11 heteroatoms. The van der Waals surface area contributed by atoms with Crippen LogP contribution in [0.3, 0.4) is 0 Å². The first kappa shape index (κ1) is 16.1. The van der Waals surface area contributed by atoms with Crippen molar-refractivity contribution in [1.29, 1.82) is 0 Å². The summed E-state index contributed by atoms with van der Waals surface area (Å²) in [4.78, 5) is 11.9. The van der Waals surface area contributed by atoms with Gasteiger partial charge in [-0.05, 0) is 6.42 Å². The Hall–Kier alpha value is -0.910. The van der Waals surface area contributed by atoms with Gasteiger partial charge < -0.3 is 10.0 Å². The molecule has 0 radical (unpaired) electrons. The fourth-order valence-electron chi connectivity index (χ4n) is 1.79. The lowest BCUT2D eigenvalue weighted by Gasteiger charge is -2.19. The van der Waals surface area contributed by atoms with Crippen LogP contribution in [-0.4, -0.2) is 70.7 Å². The van der Waals surface area contributed by atoms with Crippen LogP contribution in [-0.2, 0) is 28.6 Å². The van der Waals surface area contributed by atoms with E-state index in [0.717, 1.165) is 17.4 Å². The number of hydrogen-bond acceptors (Lipinski definition) is 7. The van der Waals surface area contributed by atoms with E-state index in [1.807, 2.05) is 0 Å². The van der Waals surface area contributed by atoms with Crippen molar-refractivity contribution in [3.05, 3.63) is 0 Å². The molecule has 112 valence electrons. The first-order valence-electron chi connectivity index (χ1n) is 5.20. The normalized spacial score (nSPS) is 24.6. The van der Waals surface area contributed by atoms with E-state index in [0.29, 0.717) is 0 Å². The van der Waals surface area contributed by atoms with E-state index in [1.165, 1.54) is 0 Å². The van der Waals surface area contributed by atoms with Crippen LogP contribution >= 0.6 is 0 Å². The Balaban J connectivity index is 2.71. The lowest BCUT2D eigenvalue weighted by atomic mass is 10.2. The lowest BCUT2D eigenvalue weighted by Crippen LogP contribution is -2.38. The van der Waals surface area contributed by atoms with Crippen LogP contribution < -0.4 is 0 Å². The molecule has 1 fully saturated rings. The summed E-state index contributed by atoms with van der Waals surface area (Å²) in [6, 6.07) is -0.765. The quantitative estimate of drug-likeness (QED) is 0.643. The summed E-state index contributed by atoms with van der Waals surface area (Å²) in [6.45, 7) is -0.519. The molecule has 1 N–H and O–H groups in total. The van der Waals surface area contributed by atoms with Gasteiger partial charge in [0.2, 0.25) is 0 Å². The molecule has 0 saturated carbocycles. The molecular formula is C8H15NO8S2. The molecule has 0 bridgehead atoms. The number of hydrogen-bond donors (Lipinski definition) is 1. The molecule has 0 aromatic rings. The third-order valence-corrected chi connectivity index (χ3v) is 3.59. The highest BCUT2D eigenvalue weighted by atomic mass is 32.2. The highest BCUT2D eigenvalue weighted by molar-refractivity contribution is 7.86. The SMILES string of the molecule is CS(=O)(=O)OC[C@@H]1C[C@@H](OS(C)(=O)=O)CN1C(=O)O. The number of rotatable bonds is 5. The average Bonchev–Trinajstić information content (AvgIpc) is 2.54. The zero-order chi connectivity index (χ0) is 14.8. The summed E-state index contributed by atoms with van der Waals surface area (Å²) in [5.41, 5.74) is 0. The summed E-state index contributed by atoms with van der Waals surface area (Å²) in [5, 5.41) is 8.95. The third kappa shape index (κ3) is 5.72. The van der Waals surface area contributed by atoms with Crippen LogP contribution in [0.5, 0.6) is 0 Å². The van der Waals surface area contributed by atoms with Crippen LogP contribution in [0.4, 0.5) is 4.79 Å². The van der Waals surface area contributed by atoms with Crippen molar-refractivity contribution in [2.75, 3.05) is 25.7 Å². The average molecular weight is 317 g/mol. The summed E-state index contributed by atoms with van der Waals surface area (Å²) >= 11 is 0. The molecule has 1 aliphatic rings. The molecule has 0 aromatic heterocycles. The van der Waals surface area contributed by atoms with Gasteiger partial charge in [-0.25, -0.2) is 4.79 Å². The summed E-state index contributed by atoms with van der Waals surface area (Å²) in [7, 11) is -7.39. The second kappa shape index (κ2) is 5.61. The third-order valence-electron chi connectivity index (χ3n) is 2.41. The topological polar surface area (TPSA) is 127 Å². The fourth-order valence-corrected chi connectivity index (χ4v) is 2.82. The predicted molar refractivity (Wildman–Crippen MR) is 63.6 cm³/mol. The van der Waals surface area contributed by atoms with E-state index in [2.05, 4.69) is 4.18 Å². The molecule has 0 unspecified atom stereocenters. The fraction of sp³-hybridized carbons (Fsp3) is 0.875. The van der Waals surface area contributed by atoms with Crippen molar-refractivity contribution in [2.45, 2.75) is 18.6 Å². The van der Waals surface area contributed by atoms with E-state index in [1.54, 1.807) is 0 Å². The van der Waals surface area contributed by atoms with Gasteiger partial charge in [0.05, 0.1) is 37.8 Å². The summed E-state index contributed by atoms with van der Waals surface area (Å²) in [6.07, 6.45) is -0.369. The maximum absolute atomic E-state index is 11.0. The van der Waals surface area contributed by atoms with E-state index < -0.39 is 38.5 Å². The van der Waals surface area contributed by atoms with Gasteiger partial charge in [0, 0.05) is 0 Å². The molecule has 0 spiro atoms. The molecule has 0 aromatic carbocycles. The molecule has 0 aliphatic carbocycles. The van der Waals surface area contributed by atoms with Crippen LogP contribution in [0.25, 0.3) is 0 Å². The maximum atomic E-state index is 11.0. The largest absolute Gasteiger partial charge is 0.465 e. The van der Waals surface area contributed by atoms with Crippen molar-refractivity contribution in [3.8, 4) is 0 Å². The number of nitrogens with zero attached hydrogens (tertiary/aromatic N) is 1. The second-order valence-corrected chi connectivity index (χ2v) is 7.48. The van der Waals surface area contributed by atoms with Gasteiger partial charge in [-0.1, -0.05) is 0 Å². The molecule has 9 nitrogen and oxygen atoms in total. The molecule has 1 rings (SSSR count). The van der Waals surface area contributed by atoms with Crippen molar-refractivity contribution in [1.82, 2.24) is 4.90 Å². The molecule has 1 amide bonds. The van der Waals surface area contributed by atoms with Gasteiger partial charge in [-0.2, -0.15) is 16.8 Å². The van der Waals surface area contributed by atoms with Crippen molar-refractivity contribution in [2.24, 2.45) is 0 Å². The van der Waals surface area contributed by atoms with Gasteiger partial charge in [-0.3, -0.25) is 8.37 Å². The smallest absolute Gasteiger partial charge is 0.407 e. The molecule has 2 atom stereocenters. The summed E-state index contributed by atoms with van der Waals surface area (Å²) in [5.74, 6) is 0. The van der Waals surface area contributed by atoms with Gasteiger partial charge in [-0.15, -0.1) is 0 Å². The molecule has 1 aliphatic heterocycles. The number of likely N-dealkylation sites (tertiary alicyclic amines) is 1. The predicted octanol–water partition coefficient (Wildman–Crippen LogP) is -0.940. The van der Waals surface area contributed by atoms with Gasteiger partial charge in [0.15, 0.2) is 0 Å². The van der Waals surface area contributed by atoms with Gasteiger partial charge in [0.25, 0.3) is 20.2 Å². The van der Waals surface area contributed by atoms with Crippen molar-refractivity contribution in [3.63, 3.8) is 0 Å².